The Hall–Kier alpha value is -0.200. The molecule has 1 fully saturated rings. The second kappa shape index (κ2) is 9.69. The molecule has 108 valence electrons. The van der Waals surface area contributed by atoms with Crippen LogP contribution in [0.5, 0.6) is 0 Å². The van der Waals surface area contributed by atoms with Crippen molar-refractivity contribution in [1.29, 1.82) is 0 Å². The third kappa shape index (κ3) is 5.63. The van der Waals surface area contributed by atoms with E-state index < -0.39 is 0 Å². The number of piperazine rings is 1. The summed E-state index contributed by atoms with van der Waals surface area (Å²) in [5.41, 5.74) is 5.84. The molecule has 1 atom stereocenters. The lowest BCUT2D eigenvalue weighted by Crippen LogP contribution is -2.52. The number of aliphatic hydroxyl groups excluding tert-OH is 1. The van der Waals surface area contributed by atoms with Crippen LogP contribution in [-0.4, -0.2) is 80.0 Å². The van der Waals surface area contributed by atoms with Crippen LogP contribution in [0.3, 0.4) is 0 Å². The molecule has 1 saturated heterocycles. The van der Waals surface area contributed by atoms with Gasteiger partial charge in [0.15, 0.2) is 0 Å². The van der Waals surface area contributed by atoms with Gasteiger partial charge in [0.1, 0.15) is 0 Å². The molecule has 0 aromatic carbocycles. The first-order valence-corrected chi connectivity index (χ1v) is 7.16. The van der Waals surface area contributed by atoms with E-state index in [-0.39, 0.29) is 6.61 Å². The summed E-state index contributed by atoms with van der Waals surface area (Å²) in [7, 11) is 0. The van der Waals surface area contributed by atoms with E-state index in [9.17, 15) is 0 Å². The van der Waals surface area contributed by atoms with Crippen LogP contribution in [0.1, 0.15) is 19.8 Å². The first-order chi connectivity index (χ1) is 8.81. The highest BCUT2D eigenvalue weighted by Crippen LogP contribution is 2.10. The van der Waals surface area contributed by atoms with Crippen LogP contribution in [0.15, 0.2) is 0 Å². The molecule has 0 spiro atoms. The molecule has 5 heteroatoms. The second-order valence-corrected chi connectivity index (χ2v) is 4.89. The summed E-state index contributed by atoms with van der Waals surface area (Å²) < 4.78 is 5.29. The van der Waals surface area contributed by atoms with Gasteiger partial charge in [-0.2, -0.15) is 0 Å². The van der Waals surface area contributed by atoms with Crippen LogP contribution in [0.2, 0.25) is 0 Å². The Labute approximate surface area is 111 Å². The van der Waals surface area contributed by atoms with Gasteiger partial charge in [-0.05, 0) is 6.42 Å². The third-order valence-corrected chi connectivity index (χ3v) is 3.60. The minimum Gasteiger partial charge on any atom is -0.394 e. The fourth-order valence-corrected chi connectivity index (χ4v) is 2.50. The maximum Gasteiger partial charge on any atom is 0.0698 e. The zero-order valence-corrected chi connectivity index (χ0v) is 11.7. The molecule has 0 saturated carbocycles. The van der Waals surface area contributed by atoms with Crippen molar-refractivity contribution in [2.24, 2.45) is 5.73 Å². The smallest absolute Gasteiger partial charge is 0.0698 e. The normalized spacial score (nSPS) is 20.2. The van der Waals surface area contributed by atoms with Crippen molar-refractivity contribution in [3.8, 4) is 0 Å². The van der Waals surface area contributed by atoms with Crippen molar-refractivity contribution in [1.82, 2.24) is 9.80 Å². The van der Waals surface area contributed by atoms with Gasteiger partial charge in [-0.1, -0.05) is 13.3 Å². The Kier molecular flexibility index (Phi) is 8.54. The molecule has 1 unspecified atom stereocenters. The van der Waals surface area contributed by atoms with Gasteiger partial charge >= 0.3 is 0 Å². The van der Waals surface area contributed by atoms with Gasteiger partial charge in [0.2, 0.25) is 0 Å². The summed E-state index contributed by atoms with van der Waals surface area (Å²) in [6.07, 6.45) is 2.41. The van der Waals surface area contributed by atoms with E-state index in [2.05, 4.69) is 16.7 Å². The van der Waals surface area contributed by atoms with Gasteiger partial charge < -0.3 is 15.6 Å². The molecular formula is C13H29N3O2. The lowest BCUT2D eigenvalue weighted by Gasteiger charge is -2.38. The Morgan fingerprint density at radius 2 is 1.94 bits per heavy atom. The number of ether oxygens (including phenoxy) is 1. The van der Waals surface area contributed by atoms with Crippen molar-refractivity contribution < 1.29 is 9.84 Å². The third-order valence-electron chi connectivity index (χ3n) is 3.60. The highest BCUT2D eigenvalue weighted by Gasteiger charge is 2.21. The van der Waals surface area contributed by atoms with Gasteiger partial charge in [0, 0.05) is 45.3 Å². The van der Waals surface area contributed by atoms with E-state index in [1.807, 2.05) is 0 Å². The molecule has 1 aliphatic heterocycles. The molecule has 18 heavy (non-hydrogen) atoms. The van der Waals surface area contributed by atoms with Gasteiger partial charge in [0.25, 0.3) is 0 Å². The maximum absolute atomic E-state index is 8.62. The zero-order valence-electron chi connectivity index (χ0n) is 11.7. The molecule has 0 amide bonds. The van der Waals surface area contributed by atoms with Crippen LogP contribution in [-0.2, 0) is 4.74 Å². The highest BCUT2D eigenvalue weighted by molar-refractivity contribution is 4.78. The highest BCUT2D eigenvalue weighted by atomic mass is 16.5. The SMILES string of the molecule is CCCC(CN)N1CCN(CCOCCO)CC1. The second-order valence-electron chi connectivity index (χ2n) is 4.89. The minimum absolute atomic E-state index is 0.114. The first kappa shape index (κ1) is 15.9. The van der Waals surface area contributed by atoms with Crippen LogP contribution in [0, 0.1) is 0 Å². The predicted molar refractivity (Wildman–Crippen MR) is 73.7 cm³/mol. The van der Waals surface area contributed by atoms with E-state index >= 15 is 0 Å². The standard InChI is InChI=1S/C13H29N3O2/c1-2-3-13(12-14)16-6-4-15(5-7-16)8-10-18-11-9-17/h13,17H,2-12,14H2,1H3. The maximum atomic E-state index is 8.62. The Morgan fingerprint density at radius 3 is 2.50 bits per heavy atom. The lowest BCUT2D eigenvalue weighted by molar-refractivity contribution is 0.0482. The fraction of sp³-hybridized carbons (Fsp3) is 1.00. The van der Waals surface area contributed by atoms with Crippen molar-refractivity contribution in [3.63, 3.8) is 0 Å². The van der Waals surface area contributed by atoms with Gasteiger partial charge in [0.05, 0.1) is 19.8 Å². The van der Waals surface area contributed by atoms with Crippen LogP contribution in [0.4, 0.5) is 0 Å². The summed E-state index contributed by atoms with van der Waals surface area (Å²) >= 11 is 0. The zero-order chi connectivity index (χ0) is 13.2. The van der Waals surface area contributed by atoms with Crippen molar-refractivity contribution in [2.45, 2.75) is 25.8 Å². The number of aliphatic hydroxyl groups is 1. The molecule has 0 aliphatic carbocycles. The van der Waals surface area contributed by atoms with Gasteiger partial charge in [-0.25, -0.2) is 0 Å². The molecule has 0 aromatic rings. The molecule has 0 radical (unpaired) electrons. The number of hydrogen-bond donors (Lipinski definition) is 2. The summed E-state index contributed by atoms with van der Waals surface area (Å²) in [5, 5.41) is 8.62. The molecular weight excluding hydrogens is 230 g/mol. The molecule has 1 aliphatic rings. The van der Waals surface area contributed by atoms with Crippen LogP contribution in [0.25, 0.3) is 0 Å². The van der Waals surface area contributed by atoms with E-state index in [0.29, 0.717) is 12.6 Å². The van der Waals surface area contributed by atoms with Crippen molar-refractivity contribution in [3.05, 3.63) is 0 Å². The summed E-state index contributed by atoms with van der Waals surface area (Å²) in [4.78, 5) is 4.95. The van der Waals surface area contributed by atoms with Crippen molar-refractivity contribution >= 4 is 0 Å². The van der Waals surface area contributed by atoms with Crippen LogP contribution < -0.4 is 5.73 Å². The summed E-state index contributed by atoms with van der Waals surface area (Å²) in [5.74, 6) is 0. The van der Waals surface area contributed by atoms with Gasteiger partial charge in [-0.3, -0.25) is 9.80 Å². The Bertz CT molecular complexity index is 197. The molecule has 0 aromatic heterocycles. The minimum atomic E-state index is 0.114. The monoisotopic (exact) mass is 259 g/mol. The number of nitrogens with two attached hydrogens (primary N) is 1. The Morgan fingerprint density at radius 1 is 1.22 bits per heavy atom. The molecule has 5 nitrogen and oxygen atoms in total. The van der Waals surface area contributed by atoms with E-state index in [1.54, 1.807) is 0 Å². The Balaban J connectivity index is 2.15. The number of nitrogens with zero attached hydrogens (tertiary/aromatic N) is 2. The topological polar surface area (TPSA) is 62.0 Å². The summed E-state index contributed by atoms with van der Waals surface area (Å²) in [6.45, 7) is 9.67. The number of hydrogen-bond acceptors (Lipinski definition) is 5. The quantitative estimate of drug-likeness (QED) is 0.559. The predicted octanol–water partition coefficient (Wildman–Crippen LogP) is -0.260. The van der Waals surface area contributed by atoms with E-state index in [1.165, 1.54) is 12.8 Å². The van der Waals surface area contributed by atoms with Crippen molar-refractivity contribution in [2.75, 3.05) is 59.1 Å². The fourth-order valence-electron chi connectivity index (χ4n) is 2.50. The lowest BCUT2D eigenvalue weighted by atomic mass is 10.1. The molecule has 1 rings (SSSR count). The molecule has 3 N–H and O–H groups in total. The van der Waals surface area contributed by atoms with E-state index in [0.717, 1.165) is 45.9 Å². The average Bonchev–Trinajstić information content (AvgIpc) is 2.42. The number of rotatable bonds is 9. The molecule has 0 bridgehead atoms. The van der Waals surface area contributed by atoms with Crippen LogP contribution >= 0.6 is 0 Å². The van der Waals surface area contributed by atoms with E-state index in [4.69, 9.17) is 15.6 Å². The summed E-state index contributed by atoms with van der Waals surface area (Å²) in [6, 6.07) is 0.558. The first-order valence-electron chi connectivity index (χ1n) is 7.16. The average molecular weight is 259 g/mol. The van der Waals surface area contributed by atoms with Gasteiger partial charge in [-0.15, -0.1) is 0 Å². The largest absolute Gasteiger partial charge is 0.394 e. The molecule has 1 heterocycles.